The van der Waals surface area contributed by atoms with E-state index in [1.165, 1.54) is 98.7 Å². The minimum atomic E-state index is -0.212. The van der Waals surface area contributed by atoms with Crippen molar-refractivity contribution in [3.05, 3.63) is 223 Å². The summed E-state index contributed by atoms with van der Waals surface area (Å²) in [7, 11) is 0. The summed E-state index contributed by atoms with van der Waals surface area (Å²) in [5.41, 5.74) is 14.7. The van der Waals surface area contributed by atoms with E-state index >= 15 is 0 Å². The molecule has 0 radical (unpaired) electrons. The van der Waals surface area contributed by atoms with E-state index in [0.717, 1.165) is 24.0 Å². The molecule has 8 aromatic carbocycles. The van der Waals surface area contributed by atoms with Gasteiger partial charge in [0.2, 0.25) is 0 Å². The normalized spacial score (nSPS) is 13.8. The van der Waals surface area contributed by atoms with Crippen molar-refractivity contribution in [1.82, 2.24) is 0 Å². The Morgan fingerprint density at radius 3 is 1.67 bits per heavy atom. The molecule has 8 aromatic rings. The number of benzene rings is 8. The maximum Gasteiger partial charge on any atom is 0.0159 e. The summed E-state index contributed by atoms with van der Waals surface area (Å²) < 4.78 is 0. The van der Waals surface area contributed by atoms with E-state index in [1.807, 2.05) is 41.5 Å². The minimum Gasteiger partial charge on any atom is -0.0955 e. The summed E-state index contributed by atoms with van der Waals surface area (Å²) in [5.74, 6) is 0. The molecule has 0 heteroatoms. The Kier molecular flexibility index (Phi) is 13.7. The molecule has 63 heavy (non-hydrogen) atoms. The van der Waals surface area contributed by atoms with E-state index in [0.29, 0.717) is 0 Å². The second-order valence-electron chi connectivity index (χ2n) is 16.2. The first kappa shape index (κ1) is 44.3. The average molecular weight is 819 g/mol. The Labute approximate surface area is 377 Å². The maximum atomic E-state index is 4.66. The minimum absolute atomic E-state index is 0.212. The molecule has 10 rings (SSSR count). The molecule has 0 aliphatic heterocycles. The number of rotatable bonds is 7. The van der Waals surface area contributed by atoms with Crippen LogP contribution in [-0.2, 0) is 5.41 Å². The molecule has 0 unspecified atom stereocenters. The summed E-state index contributed by atoms with van der Waals surface area (Å²) in [6, 6.07) is 52.2. The van der Waals surface area contributed by atoms with Crippen molar-refractivity contribution in [2.45, 2.75) is 73.6 Å². The van der Waals surface area contributed by atoms with E-state index in [4.69, 9.17) is 0 Å². The van der Waals surface area contributed by atoms with Gasteiger partial charge in [-0.05, 0) is 141 Å². The molecule has 2 aliphatic carbocycles. The molecule has 0 amide bonds. The highest BCUT2D eigenvalue weighted by atomic mass is 14.4. The Hall–Kier alpha value is -6.76. The first-order chi connectivity index (χ1) is 30.8. The number of allylic oxidation sites excluding steroid dienone is 10. The van der Waals surface area contributed by atoms with Crippen LogP contribution in [0.25, 0.3) is 82.0 Å². The van der Waals surface area contributed by atoms with Crippen LogP contribution in [-0.4, -0.2) is 0 Å². The summed E-state index contributed by atoms with van der Waals surface area (Å²) in [5, 5.41) is 10.1. The van der Waals surface area contributed by atoms with Crippen molar-refractivity contribution in [2.75, 3.05) is 0 Å². The van der Waals surface area contributed by atoms with Gasteiger partial charge in [-0.1, -0.05) is 232 Å². The van der Waals surface area contributed by atoms with Gasteiger partial charge in [0.15, 0.2) is 0 Å². The van der Waals surface area contributed by atoms with E-state index in [2.05, 4.69) is 209 Å². The standard InChI is InChI=1S/C57H44.3C2H6/c1-37(32-39-18-6-5-7-19-39)16-14-17-38(2)46-26-15-27-52-56(46)51-35-49-50(36-53(51)57(52,3)4)55(45-31-29-41-21-9-11-23-43(41)34-45)48-25-13-12-24-47(48)54(49)44-30-28-40-20-8-10-22-42(40)33-44;3*1-2/h5-15,17-18,20-36H,1-2,16,19H2,3-4H3;3*1-2H3/b17-14-,39-32-;;;. The molecular weight excluding hydrogens is 757 g/mol. The zero-order valence-corrected chi connectivity index (χ0v) is 38.6. The van der Waals surface area contributed by atoms with Crippen LogP contribution in [0.15, 0.2) is 206 Å². The van der Waals surface area contributed by atoms with Crippen LogP contribution in [0.4, 0.5) is 0 Å². The summed E-state index contributed by atoms with van der Waals surface area (Å²) in [6.07, 6.45) is 16.9. The van der Waals surface area contributed by atoms with Gasteiger partial charge in [0.05, 0.1) is 0 Å². The molecule has 0 spiro atoms. The fraction of sp³-hybridized carbons (Fsp3) is 0.175. The number of fused-ring (bicyclic) bond motifs is 7. The third kappa shape index (κ3) is 8.44. The van der Waals surface area contributed by atoms with Crippen LogP contribution in [0.3, 0.4) is 0 Å². The van der Waals surface area contributed by atoms with Crippen molar-refractivity contribution in [2.24, 2.45) is 0 Å². The van der Waals surface area contributed by atoms with Crippen molar-refractivity contribution < 1.29 is 0 Å². The molecule has 0 atom stereocenters. The number of hydrogen-bond acceptors (Lipinski definition) is 0. The SMILES string of the molecule is C=C(/C=C1/C=CC=CC1)C/C=C\C(=C)c1cccc2c1-c1cc3c(-c4ccc5ccccc5c4)c4ccccc4c(-c4ccc5ccccc5c4)c3cc1C2(C)C.CC.CC.CC. The molecule has 0 bridgehead atoms. The third-order valence-corrected chi connectivity index (χ3v) is 12.3. The van der Waals surface area contributed by atoms with Crippen LogP contribution in [0.5, 0.6) is 0 Å². The van der Waals surface area contributed by atoms with E-state index in [1.54, 1.807) is 0 Å². The predicted octanol–water partition coefficient (Wildman–Crippen LogP) is 19.0. The lowest BCUT2D eigenvalue weighted by Gasteiger charge is -2.24. The number of hydrogen-bond donors (Lipinski definition) is 0. The third-order valence-electron chi connectivity index (χ3n) is 12.3. The second kappa shape index (κ2) is 19.5. The molecular formula is C63H62. The van der Waals surface area contributed by atoms with Crippen LogP contribution in [0.1, 0.15) is 84.9 Å². The smallest absolute Gasteiger partial charge is 0.0159 e. The quantitative estimate of drug-likeness (QED) is 0.111. The predicted molar refractivity (Wildman–Crippen MR) is 282 cm³/mol. The highest BCUT2D eigenvalue weighted by Gasteiger charge is 2.38. The van der Waals surface area contributed by atoms with Crippen molar-refractivity contribution in [3.8, 4) is 33.4 Å². The zero-order chi connectivity index (χ0) is 44.7. The first-order valence-corrected chi connectivity index (χ1v) is 23.1. The van der Waals surface area contributed by atoms with Crippen LogP contribution >= 0.6 is 0 Å². The monoisotopic (exact) mass is 818 g/mol. The fourth-order valence-electron chi connectivity index (χ4n) is 9.43. The van der Waals surface area contributed by atoms with Gasteiger partial charge >= 0.3 is 0 Å². The lowest BCUT2D eigenvalue weighted by atomic mass is 9.79. The van der Waals surface area contributed by atoms with Gasteiger partial charge in [-0.15, -0.1) is 0 Å². The van der Waals surface area contributed by atoms with Crippen molar-refractivity contribution in [1.29, 1.82) is 0 Å². The first-order valence-electron chi connectivity index (χ1n) is 23.1. The van der Waals surface area contributed by atoms with Crippen molar-refractivity contribution in [3.63, 3.8) is 0 Å². The fourth-order valence-corrected chi connectivity index (χ4v) is 9.43. The van der Waals surface area contributed by atoms with Crippen LogP contribution in [0.2, 0.25) is 0 Å². The van der Waals surface area contributed by atoms with Gasteiger partial charge in [0.25, 0.3) is 0 Å². The Morgan fingerprint density at radius 1 is 0.540 bits per heavy atom. The Morgan fingerprint density at radius 2 is 1.10 bits per heavy atom. The van der Waals surface area contributed by atoms with Gasteiger partial charge in [-0.3, -0.25) is 0 Å². The van der Waals surface area contributed by atoms with Crippen LogP contribution < -0.4 is 0 Å². The van der Waals surface area contributed by atoms with Gasteiger partial charge in [0.1, 0.15) is 0 Å². The zero-order valence-electron chi connectivity index (χ0n) is 38.6. The summed E-state index contributed by atoms with van der Waals surface area (Å²) >= 11 is 0. The van der Waals surface area contributed by atoms with Gasteiger partial charge in [0, 0.05) is 5.41 Å². The molecule has 0 nitrogen and oxygen atoms in total. The lowest BCUT2D eigenvalue weighted by molar-refractivity contribution is 0.661. The molecule has 2 aliphatic rings. The average Bonchev–Trinajstić information content (AvgIpc) is 3.56. The summed E-state index contributed by atoms with van der Waals surface area (Å²) in [4.78, 5) is 0. The maximum absolute atomic E-state index is 4.66. The molecule has 0 fully saturated rings. The Balaban J connectivity index is 0.000000953. The van der Waals surface area contributed by atoms with Gasteiger partial charge in [-0.2, -0.15) is 0 Å². The highest BCUT2D eigenvalue weighted by Crippen LogP contribution is 2.55. The summed E-state index contributed by atoms with van der Waals surface area (Å²) in [6.45, 7) is 25.8. The molecule has 0 heterocycles. The van der Waals surface area contributed by atoms with Gasteiger partial charge in [-0.25, -0.2) is 0 Å². The van der Waals surface area contributed by atoms with E-state index < -0.39 is 0 Å². The van der Waals surface area contributed by atoms with E-state index in [9.17, 15) is 0 Å². The molecule has 0 saturated heterocycles. The topological polar surface area (TPSA) is 0 Å². The molecule has 0 saturated carbocycles. The van der Waals surface area contributed by atoms with E-state index in [-0.39, 0.29) is 5.41 Å². The highest BCUT2D eigenvalue weighted by molar-refractivity contribution is 6.23. The molecule has 0 aromatic heterocycles. The molecule has 314 valence electrons. The van der Waals surface area contributed by atoms with Crippen molar-refractivity contribution >= 4 is 48.7 Å². The largest absolute Gasteiger partial charge is 0.0955 e. The molecule has 0 N–H and O–H groups in total. The van der Waals surface area contributed by atoms with Crippen LogP contribution in [0, 0.1) is 0 Å². The second-order valence-corrected chi connectivity index (χ2v) is 16.2. The lowest BCUT2D eigenvalue weighted by Crippen LogP contribution is -2.15. The van der Waals surface area contributed by atoms with Gasteiger partial charge < -0.3 is 0 Å². The Bertz CT molecular complexity index is 3120.